The lowest BCUT2D eigenvalue weighted by Crippen LogP contribution is -2.39. The minimum absolute atomic E-state index is 0.0580. The van der Waals surface area contributed by atoms with E-state index < -0.39 is 0 Å². The van der Waals surface area contributed by atoms with Crippen molar-refractivity contribution in [3.8, 4) is 0 Å². The van der Waals surface area contributed by atoms with E-state index in [1.807, 2.05) is 32.5 Å². The molecule has 1 heterocycles. The minimum atomic E-state index is -0.265. The molecule has 0 bridgehead atoms. The van der Waals surface area contributed by atoms with Crippen molar-refractivity contribution in [1.82, 2.24) is 20.4 Å². The van der Waals surface area contributed by atoms with Crippen LogP contribution in [0, 0.1) is 13.8 Å². The first-order chi connectivity index (χ1) is 8.51. The first kappa shape index (κ1) is 14.5. The molecule has 102 valence electrons. The zero-order chi connectivity index (χ0) is 13.7. The van der Waals surface area contributed by atoms with Gasteiger partial charge in [0.1, 0.15) is 0 Å². The van der Waals surface area contributed by atoms with Crippen LogP contribution in [0.15, 0.2) is 0 Å². The Hall–Kier alpha value is -1.56. The average molecular weight is 254 g/mol. The summed E-state index contributed by atoms with van der Waals surface area (Å²) < 4.78 is 1.82. The van der Waals surface area contributed by atoms with E-state index >= 15 is 0 Å². The number of aryl methyl sites for hydroxylation is 2. The van der Waals surface area contributed by atoms with E-state index in [9.17, 15) is 4.79 Å². The number of nitrogens with one attached hydrogen (secondary N) is 2. The van der Waals surface area contributed by atoms with Gasteiger partial charge in [-0.15, -0.1) is 0 Å². The molecule has 0 aliphatic rings. The van der Waals surface area contributed by atoms with Crippen molar-refractivity contribution in [2.75, 3.05) is 13.2 Å². The Morgan fingerprint density at radius 1 is 1.50 bits per heavy atom. The molecule has 1 aromatic heterocycles. The second-order valence-electron chi connectivity index (χ2n) is 4.29. The number of rotatable bonds is 5. The summed E-state index contributed by atoms with van der Waals surface area (Å²) in [6.45, 7) is 6.15. The number of carbonyl (C=O) groups is 1. The number of carbonyl (C=O) groups excluding carboxylic acids is 1. The summed E-state index contributed by atoms with van der Waals surface area (Å²) in [5.41, 5.74) is 3.06. The van der Waals surface area contributed by atoms with Gasteiger partial charge in [-0.05, 0) is 20.3 Å². The second kappa shape index (κ2) is 6.39. The number of aromatic nitrogens is 2. The highest BCUT2D eigenvalue weighted by Gasteiger charge is 2.20. The Bertz CT molecular complexity index is 414. The Morgan fingerprint density at radius 2 is 2.17 bits per heavy atom. The molecule has 1 rings (SSSR count). The highest BCUT2D eigenvalue weighted by atomic mass is 16.3. The molecule has 0 spiro atoms. The van der Waals surface area contributed by atoms with Crippen LogP contribution >= 0.6 is 0 Å². The van der Waals surface area contributed by atoms with Crippen LogP contribution in [-0.2, 0) is 7.05 Å². The normalized spacial score (nSPS) is 12.3. The van der Waals surface area contributed by atoms with Crippen LogP contribution in [-0.4, -0.2) is 34.1 Å². The predicted molar refractivity (Wildman–Crippen MR) is 69.3 cm³/mol. The number of aliphatic hydroxyl groups is 1. The van der Waals surface area contributed by atoms with Crippen LogP contribution in [0.3, 0.4) is 0 Å². The maximum absolute atomic E-state index is 11.6. The van der Waals surface area contributed by atoms with E-state index in [1.165, 1.54) is 0 Å². The molecular formula is C12H22N4O2. The van der Waals surface area contributed by atoms with Gasteiger partial charge in [-0.1, -0.05) is 6.92 Å². The highest BCUT2D eigenvalue weighted by molar-refractivity contribution is 5.74. The van der Waals surface area contributed by atoms with Gasteiger partial charge in [0.2, 0.25) is 0 Å². The number of nitrogens with zero attached hydrogens (tertiary/aromatic N) is 2. The Balaban J connectivity index is 2.80. The van der Waals surface area contributed by atoms with Crippen molar-refractivity contribution in [1.29, 1.82) is 0 Å². The van der Waals surface area contributed by atoms with Gasteiger partial charge in [-0.3, -0.25) is 4.68 Å². The van der Waals surface area contributed by atoms with E-state index in [0.717, 1.165) is 23.4 Å². The summed E-state index contributed by atoms with van der Waals surface area (Å²) in [6, 6.07) is -0.323. The van der Waals surface area contributed by atoms with Gasteiger partial charge in [0.15, 0.2) is 0 Å². The number of amides is 2. The van der Waals surface area contributed by atoms with Gasteiger partial charge in [-0.2, -0.15) is 5.10 Å². The quantitative estimate of drug-likeness (QED) is 0.726. The first-order valence-electron chi connectivity index (χ1n) is 6.16. The largest absolute Gasteiger partial charge is 0.395 e. The second-order valence-corrected chi connectivity index (χ2v) is 4.29. The molecule has 18 heavy (non-hydrogen) atoms. The fourth-order valence-electron chi connectivity index (χ4n) is 2.05. The summed E-state index contributed by atoms with van der Waals surface area (Å²) in [5, 5.41) is 18.5. The lowest BCUT2D eigenvalue weighted by molar-refractivity contribution is 0.230. The van der Waals surface area contributed by atoms with Gasteiger partial charge >= 0.3 is 6.03 Å². The van der Waals surface area contributed by atoms with Gasteiger partial charge < -0.3 is 15.7 Å². The van der Waals surface area contributed by atoms with Crippen LogP contribution < -0.4 is 10.6 Å². The maximum atomic E-state index is 11.6. The summed E-state index contributed by atoms with van der Waals surface area (Å²) >= 11 is 0. The highest BCUT2D eigenvalue weighted by Crippen LogP contribution is 2.23. The van der Waals surface area contributed by atoms with Crippen LogP contribution in [0.4, 0.5) is 4.79 Å². The Kier molecular flexibility index (Phi) is 5.15. The van der Waals surface area contributed by atoms with Crippen molar-refractivity contribution in [3.63, 3.8) is 0 Å². The summed E-state index contributed by atoms with van der Waals surface area (Å²) in [5.74, 6) is 0. The third-order valence-electron chi connectivity index (χ3n) is 3.02. The van der Waals surface area contributed by atoms with Crippen LogP contribution in [0.2, 0.25) is 0 Å². The summed E-state index contributed by atoms with van der Waals surface area (Å²) in [4.78, 5) is 11.6. The van der Waals surface area contributed by atoms with Crippen molar-refractivity contribution in [3.05, 3.63) is 17.0 Å². The molecule has 6 nitrogen and oxygen atoms in total. The molecule has 0 saturated heterocycles. The molecule has 0 aliphatic heterocycles. The fourth-order valence-corrected chi connectivity index (χ4v) is 2.05. The van der Waals surface area contributed by atoms with Gasteiger partial charge in [0.05, 0.1) is 18.3 Å². The fraction of sp³-hybridized carbons (Fsp3) is 0.667. The molecular weight excluding hydrogens is 232 g/mol. The lowest BCUT2D eigenvalue weighted by Gasteiger charge is -2.18. The van der Waals surface area contributed by atoms with E-state index in [0.29, 0.717) is 0 Å². The maximum Gasteiger partial charge on any atom is 0.315 e. The predicted octanol–water partition coefficient (Wildman–Crippen LogP) is 0.780. The topological polar surface area (TPSA) is 79.2 Å². The molecule has 0 aliphatic carbocycles. The SMILES string of the molecule is CCC(NC(=O)NCCO)c1c(C)nn(C)c1C. The Morgan fingerprint density at radius 3 is 2.61 bits per heavy atom. The Labute approximate surface area is 107 Å². The number of hydrogen-bond acceptors (Lipinski definition) is 3. The summed E-state index contributed by atoms with van der Waals surface area (Å²) in [7, 11) is 1.89. The van der Waals surface area contributed by atoms with Crippen LogP contribution in [0.5, 0.6) is 0 Å². The van der Waals surface area contributed by atoms with Gasteiger partial charge in [-0.25, -0.2) is 4.79 Å². The third kappa shape index (κ3) is 3.22. The van der Waals surface area contributed by atoms with E-state index in [1.54, 1.807) is 0 Å². The number of aliphatic hydroxyl groups excluding tert-OH is 1. The van der Waals surface area contributed by atoms with Crippen molar-refractivity contribution in [2.24, 2.45) is 7.05 Å². The zero-order valence-corrected chi connectivity index (χ0v) is 11.4. The first-order valence-corrected chi connectivity index (χ1v) is 6.16. The molecule has 2 amide bonds. The monoisotopic (exact) mass is 254 g/mol. The molecule has 1 aromatic rings. The zero-order valence-electron chi connectivity index (χ0n) is 11.4. The standard InChI is InChI=1S/C12H22N4O2/c1-5-10(14-12(18)13-6-7-17)11-8(2)15-16(4)9(11)3/h10,17H,5-7H2,1-4H3,(H2,13,14,18). The van der Waals surface area contributed by atoms with Crippen LogP contribution in [0.25, 0.3) is 0 Å². The molecule has 0 radical (unpaired) electrons. The van der Waals surface area contributed by atoms with Crippen LogP contribution in [0.1, 0.15) is 36.3 Å². The average Bonchev–Trinajstić information content (AvgIpc) is 2.58. The van der Waals surface area contributed by atoms with Crippen molar-refractivity contribution >= 4 is 6.03 Å². The van der Waals surface area contributed by atoms with Gasteiger partial charge in [0, 0.05) is 24.8 Å². The van der Waals surface area contributed by atoms with Crippen molar-refractivity contribution < 1.29 is 9.90 Å². The lowest BCUT2D eigenvalue weighted by atomic mass is 10.0. The van der Waals surface area contributed by atoms with E-state index in [4.69, 9.17) is 5.11 Å². The molecule has 0 fully saturated rings. The number of hydrogen-bond donors (Lipinski definition) is 3. The molecule has 1 unspecified atom stereocenters. The molecule has 1 atom stereocenters. The molecule has 3 N–H and O–H groups in total. The smallest absolute Gasteiger partial charge is 0.315 e. The van der Waals surface area contributed by atoms with E-state index in [-0.39, 0.29) is 25.2 Å². The summed E-state index contributed by atoms with van der Waals surface area (Å²) in [6.07, 6.45) is 0.792. The molecule has 6 heteroatoms. The number of urea groups is 1. The van der Waals surface area contributed by atoms with E-state index in [2.05, 4.69) is 15.7 Å². The van der Waals surface area contributed by atoms with Crippen molar-refractivity contribution in [2.45, 2.75) is 33.2 Å². The third-order valence-corrected chi connectivity index (χ3v) is 3.02. The van der Waals surface area contributed by atoms with Gasteiger partial charge in [0.25, 0.3) is 0 Å². The minimum Gasteiger partial charge on any atom is -0.395 e. The molecule has 0 saturated carbocycles. The molecule has 0 aromatic carbocycles.